The van der Waals surface area contributed by atoms with E-state index in [0.29, 0.717) is 0 Å². The fourth-order valence-electron chi connectivity index (χ4n) is 0.915. The second-order valence-corrected chi connectivity index (χ2v) is 2.46. The molecule has 4 atom stereocenters. The summed E-state index contributed by atoms with van der Waals surface area (Å²) in [5.41, 5.74) is 0. The van der Waals surface area contributed by atoms with Crippen LogP contribution >= 0.6 is 0 Å². The second kappa shape index (κ2) is 3.46. The van der Waals surface area contributed by atoms with Crippen LogP contribution in [-0.2, 0) is 4.74 Å². The van der Waals surface area contributed by atoms with Gasteiger partial charge in [-0.1, -0.05) is 0 Å². The Morgan fingerprint density at radius 1 is 1.18 bits per heavy atom. The van der Waals surface area contributed by atoms with E-state index in [2.05, 4.69) is 4.74 Å². The van der Waals surface area contributed by atoms with Crippen LogP contribution in [0.3, 0.4) is 0 Å². The number of aliphatic hydroxyl groups is 4. The van der Waals surface area contributed by atoms with E-state index >= 15 is 0 Å². The van der Waals surface area contributed by atoms with Crippen molar-refractivity contribution in [2.45, 2.75) is 24.4 Å². The zero-order valence-corrected chi connectivity index (χ0v) is 5.79. The van der Waals surface area contributed by atoms with Gasteiger partial charge in [-0.25, -0.2) is 0 Å². The van der Waals surface area contributed by atoms with E-state index in [1.54, 1.807) is 0 Å². The molecule has 0 aromatic heterocycles. The molecule has 0 bridgehead atoms. The zero-order valence-electron chi connectivity index (χ0n) is 5.79. The average molecular weight is 163 g/mol. The minimum atomic E-state index is -1.28. The predicted molar refractivity (Wildman–Crippen MR) is 34.3 cm³/mol. The summed E-state index contributed by atoms with van der Waals surface area (Å²) >= 11 is 0. The normalized spacial score (nSPS) is 45.8. The Morgan fingerprint density at radius 3 is 2.36 bits per heavy atom. The molecule has 65 valence electrons. The third kappa shape index (κ3) is 1.69. The Kier molecular flexibility index (Phi) is 2.80. The lowest BCUT2D eigenvalue weighted by Crippen LogP contribution is -2.52. The molecule has 0 saturated carbocycles. The van der Waals surface area contributed by atoms with Crippen LogP contribution in [0.5, 0.6) is 0 Å². The summed E-state index contributed by atoms with van der Waals surface area (Å²) < 4.78 is 4.69. The fourth-order valence-corrected chi connectivity index (χ4v) is 0.915. The summed E-state index contributed by atoms with van der Waals surface area (Å²) in [7, 11) is 0. The molecule has 0 spiro atoms. The molecule has 1 aliphatic rings. The van der Waals surface area contributed by atoms with E-state index in [1.165, 1.54) is 0 Å². The third-order valence-corrected chi connectivity index (χ3v) is 1.65. The predicted octanol–water partition coefficient (Wildman–Crippen LogP) is -2.38. The van der Waals surface area contributed by atoms with Crippen molar-refractivity contribution in [3.05, 3.63) is 6.61 Å². The van der Waals surface area contributed by atoms with E-state index in [4.69, 9.17) is 20.4 Å². The van der Waals surface area contributed by atoms with Gasteiger partial charge < -0.3 is 25.2 Å². The minimum Gasteiger partial charge on any atom is -0.394 e. The highest BCUT2D eigenvalue weighted by molar-refractivity contribution is 4.91. The number of aliphatic hydroxyl groups excluding tert-OH is 4. The Hall–Kier alpha value is -0.200. The lowest BCUT2D eigenvalue weighted by atomic mass is 10.0. The van der Waals surface area contributed by atoms with E-state index in [0.717, 1.165) is 6.61 Å². The van der Waals surface area contributed by atoms with Crippen LogP contribution in [0.1, 0.15) is 0 Å². The van der Waals surface area contributed by atoms with E-state index < -0.39 is 24.4 Å². The lowest BCUT2D eigenvalue weighted by molar-refractivity contribution is -0.169. The zero-order chi connectivity index (χ0) is 8.43. The Morgan fingerprint density at radius 2 is 1.82 bits per heavy atom. The molecule has 4 N–H and O–H groups in total. The van der Waals surface area contributed by atoms with Gasteiger partial charge in [0.1, 0.15) is 31.0 Å². The van der Waals surface area contributed by atoms with Crippen molar-refractivity contribution in [3.63, 3.8) is 0 Å². The monoisotopic (exact) mass is 163 g/mol. The van der Waals surface area contributed by atoms with Crippen molar-refractivity contribution in [1.29, 1.82) is 0 Å². The summed E-state index contributed by atoms with van der Waals surface area (Å²) in [6.07, 6.45) is -4.54. The summed E-state index contributed by atoms with van der Waals surface area (Å²) in [6.45, 7) is 0.611. The van der Waals surface area contributed by atoms with Crippen LogP contribution < -0.4 is 0 Å². The van der Waals surface area contributed by atoms with E-state index in [9.17, 15) is 0 Å². The lowest BCUT2D eigenvalue weighted by Gasteiger charge is -2.33. The molecule has 11 heavy (non-hydrogen) atoms. The molecular weight excluding hydrogens is 152 g/mol. The van der Waals surface area contributed by atoms with Gasteiger partial charge in [0, 0.05) is 0 Å². The van der Waals surface area contributed by atoms with Crippen LogP contribution in [-0.4, -0.2) is 51.4 Å². The second-order valence-electron chi connectivity index (χ2n) is 2.46. The topological polar surface area (TPSA) is 90.2 Å². The van der Waals surface area contributed by atoms with Crippen molar-refractivity contribution in [3.8, 4) is 0 Å². The van der Waals surface area contributed by atoms with Crippen molar-refractivity contribution in [2.75, 3.05) is 6.61 Å². The van der Waals surface area contributed by atoms with Gasteiger partial charge in [0.05, 0.1) is 6.61 Å². The van der Waals surface area contributed by atoms with Crippen molar-refractivity contribution in [1.82, 2.24) is 0 Å². The standard InChI is InChI=1S/C6H11O5/c7-1-4-6(10)5(9)3(8)2-11-4/h2-10H,1H2/t3-,4+,5+,6-/m0/s1. The van der Waals surface area contributed by atoms with Gasteiger partial charge in [-0.2, -0.15) is 0 Å². The van der Waals surface area contributed by atoms with Gasteiger partial charge >= 0.3 is 0 Å². The molecule has 5 nitrogen and oxygen atoms in total. The maximum Gasteiger partial charge on any atom is 0.115 e. The summed E-state index contributed by atoms with van der Waals surface area (Å²) in [5, 5.41) is 35.6. The van der Waals surface area contributed by atoms with Crippen molar-refractivity contribution < 1.29 is 25.2 Å². The summed E-state index contributed by atoms with van der Waals surface area (Å²) in [4.78, 5) is 0. The largest absolute Gasteiger partial charge is 0.394 e. The van der Waals surface area contributed by atoms with Gasteiger partial charge in [0.15, 0.2) is 0 Å². The first-order valence-corrected chi connectivity index (χ1v) is 3.30. The van der Waals surface area contributed by atoms with Gasteiger partial charge in [0.2, 0.25) is 0 Å². The molecule has 0 unspecified atom stereocenters. The van der Waals surface area contributed by atoms with Crippen LogP contribution in [0.15, 0.2) is 0 Å². The van der Waals surface area contributed by atoms with Crippen molar-refractivity contribution >= 4 is 0 Å². The van der Waals surface area contributed by atoms with Gasteiger partial charge in [-0.05, 0) is 0 Å². The van der Waals surface area contributed by atoms with Crippen LogP contribution in [0.4, 0.5) is 0 Å². The van der Waals surface area contributed by atoms with Crippen LogP contribution in [0.2, 0.25) is 0 Å². The summed E-state index contributed by atoms with van der Waals surface area (Å²) in [5.74, 6) is 0. The molecule has 5 heteroatoms. The van der Waals surface area contributed by atoms with Crippen molar-refractivity contribution in [2.24, 2.45) is 0 Å². The first kappa shape index (κ1) is 8.89. The fraction of sp³-hybridized carbons (Fsp3) is 0.833. The van der Waals surface area contributed by atoms with Crippen LogP contribution in [0.25, 0.3) is 0 Å². The molecule has 1 aliphatic heterocycles. The van der Waals surface area contributed by atoms with Gasteiger partial charge in [0.25, 0.3) is 0 Å². The maximum atomic E-state index is 9.09. The molecule has 1 heterocycles. The maximum absolute atomic E-state index is 9.09. The molecule has 1 saturated heterocycles. The molecule has 1 rings (SSSR count). The molecule has 1 fully saturated rings. The summed E-state index contributed by atoms with van der Waals surface area (Å²) in [6, 6.07) is 0. The number of rotatable bonds is 1. The quantitative estimate of drug-likeness (QED) is 0.346. The number of hydrogen-bond acceptors (Lipinski definition) is 5. The SMILES string of the molecule is OC[C@H]1O[CH][C@H](O)[C@@H](O)[C@H]1O. The van der Waals surface area contributed by atoms with Crippen LogP contribution in [0, 0.1) is 6.61 Å². The molecule has 0 amide bonds. The van der Waals surface area contributed by atoms with E-state index in [1.807, 2.05) is 0 Å². The molecular formula is C6H11O5. The van der Waals surface area contributed by atoms with Gasteiger partial charge in [-0.15, -0.1) is 0 Å². The Bertz CT molecular complexity index is 126. The highest BCUT2D eigenvalue weighted by atomic mass is 16.5. The molecule has 1 radical (unpaired) electrons. The highest BCUT2D eigenvalue weighted by Gasteiger charge is 2.37. The number of ether oxygens (including phenoxy) is 1. The van der Waals surface area contributed by atoms with Gasteiger partial charge in [-0.3, -0.25) is 0 Å². The third-order valence-electron chi connectivity index (χ3n) is 1.65. The molecule has 0 aliphatic carbocycles. The first-order valence-electron chi connectivity index (χ1n) is 3.30. The van der Waals surface area contributed by atoms with E-state index in [-0.39, 0.29) is 6.61 Å². The average Bonchev–Trinajstić information content (AvgIpc) is 2.01. The Balaban J connectivity index is 2.52. The minimum absolute atomic E-state index is 0.387. The molecule has 0 aromatic rings. The molecule has 0 aromatic carbocycles. The first-order chi connectivity index (χ1) is 5.16. The smallest absolute Gasteiger partial charge is 0.115 e. The Labute approximate surface area is 63.8 Å². The number of hydrogen-bond donors (Lipinski definition) is 4. The highest BCUT2D eigenvalue weighted by Crippen LogP contribution is 2.17.